The predicted octanol–water partition coefficient (Wildman–Crippen LogP) is 3.05. The van der Waals surface area contributed by atoms with Crippen molar-refractivity contribution in [3.8, 4) is 0 Å². The summed E-state index contributed by atoms with van der Waals surface area (Å²) in [6, 6.07) is 7.28. The van der Waals surface area contributed by atoms with Gasteiger partial charge in [0.2, 0.25) is 0 Å². The molecule has 0 unspecified atom stereocenters. The van der Waals surface area contributed by atoms with E-state index in [4.69, 9.17) is 5.11 Å². The molecule has 2 rings (SSSR count). The smallest absolute Gasteiger partial charge is 0.335 e. The molecule has 1 aromatic carbocycles. The van der Waals surface area contributed by atoms with Crippen LogP contribution in [0.3, 0.4) is 0 Å². The lowest BCUT2D eigenvalue weighted by Crippen LogP contribution is -2.56. The van der Waals surface area contributed by atoms with Gasteiger partial charge in [0.1, 0.15) is 0 Å². The highest BCUT2D eigenvalue weighted by atomic mass is 16.4. The van der Waals surface area contributed by atoms with Crippen molar-refractivity contribution in [2.75, 3.05) is 19.6 Å². The molecule has 104 valence electrons. The minimum absolute atomic E-state index is 0.387. The molecule has 0 bridgehead atoms. The largest absolute Gasteiger partial charge is 0.478 e. The van der Waals surface area contributed by atoms with Gasteiger partial charge in [-0.2, -0.15) is 0 Å². The SMILES string of the molecule is CCC1(CC)CN(CCc2cccc(C(=O)O)c2)C1. The number of hydrogen-bond donors (Lipinski definition) is 1. The van der Waals surface area contributed by atoms with Crippen LogP contribution in [0.1, 0.15) is 42.6 Å². The molecule has 19 heavy (non-hydrogen) atoms. The van der Waals surface area contributed by atoms with Crippen molar-refractivity contribution in [2.45, 2.75) is 33.1 Å². The van der Waals surface area contributed by atoms with Gasteiger partial charge in [0, 0.05) is 19.6 Å². The van der Waals surface area contributed by atoms with E-state index in [-0.39, 0.29) is 0 Å². The first kappa shape index (κ1) is 14.1. The van der Waals surface area contributed by atoms with Crippen LogP contribution in [0.25, 0.3) is 0 Å². The number of carboxylic acid groups (broad SMARTS) is 1. The summed E-state index contributed by atoms with van der Waals surface area (Å²) in [5.41, 5.74) is 2.05. The number of hydrogen-bond acceptors (Lipinski definition) is 2. The molecule has 1 aromatic rings. The van der Waals surface area contributed by atoms with Crippen molar-refractivity contribution in [1.29, 1.82) is 0 Å². The Bertz CT molecular complexity index is 444. The van der Waals surface area contributed by atoms with Gasteiger partial charge in [-0.25, -0.2) is 4.79 Å². The Labute approximate surface area is 115 Å². The Morgan fingerprint density at radius 2 is 2.00 bits per heavy atom. The highest BCUT2D eigenvalue weighted by molar-refractivity contribution is 5.87. The van der Waals surface area contributed by atoms with Crippen molar-refractivity contribution in [3.05, 3.63) is 35.4 Å². The molecule has 0 aromatic heterocycles. The Morgan fingerprint density at radius 1 is 1.32 bits per heavy atom. The van der Waals surface area contributed by atoms with Crippen LogP contribution in [-0.2, 0) is 6.42 Å². The summed E-state index contributed by atoms with van der Waals surface area (Å²) in [6.07, 6.45) is 3.45. The van der Waals surface area contributed by atoms with Gasteiger partial charge in [-0.1, -0.05) is 26.0 Å². The van der Waals surface area contributed by atoms with E-state index in [9.17, 15) is 4.79 Å². The number of carboxylic acids is 1. The highest BCUT2D eigenvalue weighted by Crippen LogP contribution is 2.36. The van der Waals surface area contributed by atoms with Crippen molar-refractivity contribution < 1.29 is 9.90 Å². The van der Waals surface area contributed by atoms with Crippen LogP contribution in [0.2, 0.25) is 0 Å². The average molecular weight is 261 g/mol. The van der Waals surface area contributed by atoms with Gasteiger partial charge in [-0.3, -0.25) is 0 Å². The quantitative estimate of drug-likeness (QED) is 0.855. The molecule has 0 spiro atoms. The summed E-state index contributed by atoms with van der Waals surface area (Å²) < 4.78 is 0. The lowest BCUT2D eigenvalue weighted by atomic mass is 9.75. The van der Waals surface area contributed by atoms with E-state index in [1.165, 1.54) is 25.9 Å². The summed E-state index contributed by atoms with van der Waals surface area (Å²) >= 11 is 0. The van der Waals surface area contributed by atoms with Crippen molar-refractivity contribution in [1.82, 2.24) is 4.90 Å². The minimum Gasteiger partial charge on any atom is -0.478 e. The molecule has 3 nitrogen and oxygen atoms in total. The Balaban J connectivity index is 1.84. The summed E-state index contributed by atoms with van der Waals surface area (Å²) in [5.74, 6) is -0.846. The zero-order chi connectivity index (χ0) is 13.9. The second kappa shape index (κ2) is 5.74. The van der Waals surface area contributed by atoms with Crippen LogP contribution in [0.15, 0.2) is 24.3 Å². The van der Waals surface area contributed by atoms with Crippen LogP contribution in [0, 0.1) is 5.41 Å². The van der Waals surface area contributed by atoms with Gasteiger partial charge < -0.3 is 10.0 Å². The normalized spacial score (nSPS) is 18.0. The van der Waals surface area contributed by atoms with Gasteiger partial charge >= 0.3 is 5.97 Å². The first-order valence-corrected chi connectivity index (χ1v) is 7.13. The molecule has 1 aliphatic heterocycles. The molecule has 1 aliphatic rings. The van der Waals surface area contributed by atoms with E-state index in [0.29, 0.717) is 11.0 Å². The second-order valence-corrected chi connectivity index (χ2v) is 5.67. The zero-order valence-corrected chi connectivity index (χ0v) is 11.9. The summed E-state index contributed by atoms with van der Waals surface area (Å²) in [7, 11) is 0. The topological polar surface area (TPSA) is 40.5 Å². The maximum atomic E-state index is 10.9. The molecular formula is C16H23NO2. The van der Waals surface area contributed by atoms with Gasteiger partial charge in [0.05, 0.1) is 5.56 Å². The molecular weight excluding hydrogens is 238 g/mol. The van der Waals surface area contributed by atoms with Gasteiger partial charge in [0.15, 0.2) is 0 Å². The lowest BCUT2D eigenvalue weighted by Gasteiger charge is -2.50. The van der Waals surface area contributed by atoms with Crippen LogP contribution >= 0.6 is 0 Å². The third-order valence-corrected chi connectivity index (χ3v) is 4.51. The van der Waals surface area contributed by atoms with E-state index in [0.717, 1.165) is 18.5 Å². The Kier molecular flexibility index (Phi) is 4.25. The summed E-state index contributed by atoms with van der Waals surface area (Å²) in [5, 5.41) is 8.97. The summed E-state index contributed by atoms with van der Waals surface area (Å²) in [6.45, 7) is 7.97. The van der Waals surface area contributed by atoms with E-state index in [1.54, 1.807) is 12.1 Å². The predicted molar refractivity (Wildman–Crippen MR) is 76.6 cm³/mol. The fraction of sp³-hybridized carbons (Fsp3) is 0.562. The van der Waals surface area contributed by atoms with E-state index in [1.807, 2.05) is 12.1 Å². The van der Waals surface area contributed by atoms with Crippen molar-refractivity contribution >= 4 is 5.97 Å². The Morgan fingerprint density at radius 3 is 2.58 bits per heavy atom. The maximum absolute atomic E-state index is 10.9. The standard InChI is InChI=1S/C16H23NO2/c1-3-16(4-2)11-17(12-16)9-8-13-6-5-7-14(10-13)15(18)19/h5-7,10H,3-4,8-9,11-12H2,1-2H3,(H,18,19). The van der Waals surface area contributed by atoms with Crippen molar-refractivity contribution in [3.63, 3.8) is 0 Å². The molecule has 0 atom stereocenters. The average Bonchev–Trinajstić information content (AvgIpc) is 2.38. The van der Waals surface area contributed by atoms with E-state index in [2.05, 4.69) is 18.7 Å². The fourth-order valence-electron chi connectivity index (χ4n) is 2.90. The first-order chi connectivity index (χ1) is 9.08. The maximum Gasteiger partial charge on any atom is 0.335 e. The number of benzene rings is 1. The van der Waals surface area contributed by atoms with Crippen LogP contribution in [-0.4, -0.2) is 35.6 Å². The number of carbonyl (C=O) groups is 1. The third kappa shape index (κ3) is 3.16. The number of nitrogens with zero attached hydrogens (tertiary/aromatic N) is 1. The first-order valence-electron chi connectivity index (χ1n) is 7.13. The molecule has 1 heterocycles. The second-order valence-electron chi connectivity index (χ2n) is 5.67. The Hall–Kier alpha value is -1.35. The highest BCUT2D eigenvalue weighted by Gasteiger charge is 2.38. The van der Waals surface area contributed by atoms with Crippen LogP contribution in [0.4, 0.5) is 0 Å². The molecule has 0 saturated carbocycles. The minimum atomic E-state index is -0.846. The summed E-state index contributed by atoms with van der Waals surface area (Å²) in [4.78, 5) is 13.4. The van der Waals surface area contributed by atoms with E-state index >= 15 is 0 Å². The molecule has 0 aliphatic carbocycles. The molecule has 0 amide bonds. The van der Waals surface area contributed by atoms with Gasteiger partial charge in [0.25, 0.3) is 0 Å². The fourth-order valence-corrected chi connectivity index (χ4v) is 2.90. The van der Waals surface area contributed by atoms with E-state index < -0.39 is 5.97 Å². The number of rotatable bonds is 6. The molecule has 3 heteroatoms. The molecule has 1 fully saturated rings. The van der Waals surface area contributed by atoms with Crippen LogP contribution in [0.5, 0.6) is 0 Å². The molecule has 1 N–H and O–H groups in total. The monoisotopic (exact) mass is 261 g/mol. The van der Waals surface area contributed by atoms with Crippen molar-refractivity contribution in [2.24, 2.45) is 5.41 Å². The van der Waals surface area contributed by atoms with Gasteiger partial charge in [-0.15, -0.1) is 0 Å². The lowest BCUT2D eigenvalue weighted by molar-refractivity contribution is -0.00477. The van der Waals surface area contributed by atoms with Gasteiger partial charge in [-0.05, 0) is 42.4 Å². The zero-order valence-electron chi connectivity index (χ0n) is 11.9. The number of likely N-dealkylation sites (tertiary alicyclic amines) is 1. The molecule has 0 radical (unpaired) electrons. The third-order valence-electron chi connectivity index (χ3n) is 4.51. The van der Waals surface area contributed by atoms with Crippen LogP contribution < -0.4 is 0 Å². The number of aromatic carboxylic acids is 1. The molecule has 1 saturated heterocycles.